The standard InChI is InChI=1S/C13H15BrN2/c1-2-12-4-3-7-16(12)13-6-5-11(14)8-10(13)9-15/h5-6,8,12H,2-4,7H2,1H3. The number of halogens is 1. The summed E-state index contributed by atoms with van der Waals surface area (Å²) in [5, 5.41) is 9.16. The first-order valence-corrected chi connectivity index (χ1v) is 6.52. The molecule has 0 bridgehead atoms. The van der Waals surface area contributed by atoms with Gasteiger partial charge in [0, 0.05) is 17.1 Å². The summed E-state index contributed by atoms with van der Waals surface area (Å²) < 4.78 is 0.972. The molecular weight excluding hydrogens is 264 g/mol. The highest BCUT2D eigenvalue weighted by Crippen LogP contribution is 2.31. The van der Waals surface area contributed by atoms with Crippen LogP contribution in [0.15, 0.2) is 22.7 Å². The molecule has 84 valence electrons. The molecule has 2 nitrogen and oxygen atoms in total. The van der Waals surface area contributed by atoms with Gasteiger partial charge in [-0.1, -0.05) is 22.9 Å². The van der Waals surface area contributed by atoms with E-state index in [0.29, 0.717) is 6.04 Å². The second kappa shape index (κ2) is 4.88. The SMILES string of the molecule is CCC1CCCN1c1ccc(Br)cc1C#N. The normalized spacial score (nSPS) is 19.8. The number of hydrogen-bond donors (Lipinski definition) is 0. The Kier molecular flexibility index (Phi) is 3.50. The quantitative estimate of drug-likeness (QED) is 0.825. The number of rotatable bonds is 2. The third-order valence-electron chi connectivity index (χ3n) is 3.24. The van der Waals surface area contributed by atoms with Gasteiger partial charge in [-0.05, 0) is 37.5 Å². The predicted molar refractivity (Wildman–Crippen MR) is 69.5 cm³/mol. The average Bonchev–Trinajstić information content (AvgIpc) is 2.76. The third kappa shape index (κ3) is 2.08. The van der Waals surface area contributed by atoms with Gasteiger partial charge in [0.25, 0.3) is 0 Å². The van der Waals surface area contributed by atoms with E-state index in [9.17, 15) is 0 Å². The summed E-state index contributed by atoms with van der Waals surface area (Å²) >= 11 is 3.41. The Morgan fingerprint density at radius 2 is 2.38 bits per heavy atom. The van der Waals surface area contributed by atoms with E-state index in [2.05, 4.69) is 39.9 Å². The molecule has 2 rings (SSSR count). The van der Waals surface area contributed by atoms with E-state index in [0.717, 1.165) is 28.7 Å². The first-order valence-electron chi connectivity index (χ1n) is 5.72. The Bertz CT molecular complexity index is 422. The molecule has 16 heavy (non-hydrogen) atoms. The lowest BCUT2D eigenvalue weighted by molar-refractivity contribution is 0.645. The third-order valence-corrected chi connectivity index (χ3v) is 3.73. The monoisotopic (exact) mass is 278 g/mol. The Morgan fingerprint density at radius 3 is 3.06 bits per heavy atom. The van der Waals surface area contributed by atoms with Crippen LogP contribution >= 0.6 is 15.9 Å². The van der Waals surface area contributed by atoms with Crippen molar-refractivity contribution < 1.29 is 0 Å². The molecule has 1 atom stereocenters. The minimum absolute atomic E-state index is 0.605. The van der Waals surface area contributed by atoms with Crippen LogP contribution in [0.1, 0.15) is 31.7 Å². The second-order valence-corrected chi connectivity index (χ2v) is 5.09. The molecule has 1 aliphatic rings. The van der Waals surface area contributed by atoms with E-state index < -0.39 is 0 Å². The van der Waals surface area contributed by atoms with Crippen LogP contribution in [0.5, 0.6) is 0 Å². The molecule has 1 fully saturated rings. The fourth-order valence-electron chi connectivity index (χ4n) is 2.43. The molecule has 0 aromatic heterocycles. The van der Waals surface area contributed by atoms with Crippen molar-refractivity contribution in [2.24, 2.45) is 0 Å². The summed E-state index contributed by atoms with van der Waals surface area (Å²) in [6.45, 7) is 3.29. The maximum atomic E-state index is 9.16. The van der Waals surface area contributed by atoms with Crippen LogP contribution in [0.3, 0.4) is 0 Å². The molecule has 1 heterocycles. The van der Waals surface area contributed by atoms with Crippen LogP contribution in [0.2, 0.25) is 0 Å². The van der Waals surface area contributed by atoms with Gasteiger partial charge in [0.15, 0.2) is 0 Å². The van der Waals surface area contributed by atoms with Gasteiger partial charge in [-0.15, -0.1) is 0 Å². The number of benzene rings is 1. The van der Waals surface area contributed by atoms with E-state index in [1.54, 1.807) is 0 Å². The largest absolute Gasteiger partial charge is 0.367 e. The molecule has 0 N–H and O–H groups in total. The van der Waals surface area contributed by atoms with Crippen molar-refractivity contribution in [2.75, 3.05) is 11.4 Å². The van der Waals surface area contributed by atoms with E-state index >= 15 is 0 Å². The summed E-state index contributed by atoms with van der Waals surface area (Å²) in [7, 11) is 0. The fourth-order valence-corrected chi connectivity index (χ4v) is 2.79. The van der Waals surface area contributed by atoms with Gasteiger partial charge in [-0.25, -0.2) is 0 Å². The maximum absolute atomic E-state index is 9.16. The lowest BCUT2D eigenvalue weighted by atomic mass is 10.1. The van der Waals surface area contributed by atoms with E-state index in [-0.39, 0.29) is 0 Å². The van der Waals surface area contributed by atoms with E-state index in [4.69, 9.17) is 5.26 Å². The highest BCUT2D eigenvalue weighted by atomic mass is 79.9. The predicted octanol–water partition coefficient (Wildman–Crippen LogP) is 3.70. The zero-order valence-corrected chi connectivity index (χ0v) is 11.0. The zero-order chi connectivity index (χ0) is 11.5. The molecule has 0 aliphatic carbocycles. The van der Waals surface area contributed by atoms with Crippen LogP contribution in [-0.2, 0) is 0 Å². The highest BCUT2D eigenvalue weighted by molar-refractivity contribution is 9.10. The summed E-state index contributed by atoms with van der Waals surface area (Å²) in [5.41, 5.74) is 1.87. The smallest absolute Gasteiger partial charge is 0.101 e. The van der Waals surface area contributed by atoms with Gasteiger partial charge in [-0.2, -0.15) is 5.26 Å². The van der Waals surface area contributed by atoms with Crippen molar-refractivity contribution in [1.82, 2.24) is 0 Å². The van der Waals surface area contributed by atoms with Crippen molar-refractivity contribution in [1.29, 1.82) is 5.26 Å². The fraction of sp³-hybridized carbons (Fsp3) is 0.462. The molecule has 0 radical (unpaired) electrons. The second-order valence-electron chi connectivity index (χ2n) is 4.17. The summed E-state index contributed by atoms with van der Waals surface area (Å²) in [5.74, 6) is 0. The maximum Gasteiger partial charge on any atom is 0.101 e. The molecule has 1 aliphatic heterocycles. The molecular formula is C13H15BrN2. The van der Waals surface area contributed by atoms with Crippen LogP contribution in [0.25, 0.3) is 0 Å². The summed E-state index contributed by atoms with van der Waals surface area (Å²) in [4.78, 5) is 2.38. The molecule has 1 aromatic carbocycles. The van der Waals surface area contributed by atoms with Crippen LogP contribution < -0.4 is 4.90 Å². The van der Waals surface area contributed by atoms with Crippen molar-refractivity contribution in [2.45, 2.75) is 32.2 Å². The minimum atomic E-state index is 0.605. The topological polar surface area (TPSA) is 27.0 Å². The number of nitriles is 1. The zero-order valence-electron chi connectivity index (χ0n) is 9.41. The van der Waals surface area contributed by atoms with Gasteiger partial charge in [0.2, 0.25) is 0 Å². The van der Waals surface area contributed by atoms with Gasteiger partial charge in [0.1, 0.15) is 6.07 Å². The van der Waals surface area contributed by atoms with Crippen molar-refractivity contribution in [3.63, 3.8) is 0 Å². The lowest BCUT2D eigenvalue weighted by Crippen LogP contribution is -2.29. The first kappa shape index (κ1) is 11.5. The Labute approximate surface area is 105 Å². The summed E-state index contributed by atoms with van der Waals surface area (Å²) in [6.07, 6.45) is 3.64. The molecule has 3 heteroatoms. The highest BCUT2D eigenvalue weighted by Gasteiger charge is 2.24. The Balaban J connectivity index is 2.36. The average molecular weight is 279 g/mol. The lowest BCUT2D eigenvalue weighted by Gasteiger charge is -2.26. The van der Waals surface area contributed by atoms with Crippen LogP contribution in [-0.4, -0.2) is 12.6 Å². The number of anilines is 1. The molecule has 1 aromatic rings. The van der Waals surface area contributed by atoms with Crippen LogP contribution in [0, 0.1) is 11.3 Å². The van der Waals surface area contributed by atoms with Gasteiger partial charge >= 0.3 is 0 Å². The van der Waals surface area contributed by atoms with Crippen LogP contribution in [0.4, 0.5) is 5.69 Å². The van der Waals surface area contributed by atoms with Crippen molar-refractivity contribution >= 4 is 21.6 Å². The molecule has 1 unspecified atom stereocenters. The first-order chi connectivity index (χ1) is 7.76. The van der Waals surface area contributed by atoms with Gasteiger partial charge in [-0.3, -0.25) is 0 Å². The summed E-state index contributed by atoms with van der Waals surface area (Å²) in [6, 6.07) is 8.86. The van der Waals surface area contributed by atoms with Gasteiger partial charge in [0.05, 0.1) is 11.3 Å². The molecule has 0 spiro atoms. The van der Waals surface area contributed by atoms with Crippen molar-refractivity contribution in [3.8, 4) is 6.07 Å². The minimum Gasteiger partial charge on any atom is -0.367 e. The molecule has 1 saturated heterocycles. The van der Waals surface area contributed by atoms with E-state index in [1.165, 1.54) is 12.8 Å². The molecule has 0 saturated carbocycles. The van der Waals surface area contributed by atoms with E-state index in [1.807, 2.05) is 12.1 Å². The Morgan fingerprint density at radius 1 is 1.56 bits per heavy atom. The number of nitrogens with zero attached hydrogens (tertiary/aromatic N) is 2. The number of hydrogen-bond acceptors (Lipinski definition) is 2. The van der Waals surface area contributed by atoms with Crippen molar-refractivity contribution in [3.05, 3.63) is 28.2 Å². The molecule has 0 amide bonds. The van der Waals surface area contributed by atoms with Gasteiger partial charge < -0.3 is 4.90 Å². The Hall–Kier alpha value is -1.01.